The van der Waals surface area contributed by atoms with Crippen LogP contribution in [0, 0.1) is 0 Å². The van der Waals surface area contributed by atoms with E-state index in [2.05, 4.69) is 20.4 Å². The van der Waals surface area contributed by atoms with E-state index in [0.717, 1.165) is 9.88 Å². The molecule has 10 heteroatoms. The fourth-order valence-electron chi connectivity index (χ4n) is 2.15. The number of anilines is 1. The molecular formula is C18H14ClN3O4S2. The van der Waals surface area contributed by atoms with E-state index in [4.69, 9.17) is 11.6 Å². The van der Waals surface area contributed by atoms with E-state index < -0.39 is 11.9 Å². The molecule has 0 aliphatic carbocycles. The lowest BCUT2D eigenvalue weighted by Crippen LogP contribution is -2.30. The minimum absolute atomic E-state index is 0.213. The molecule has 7 nitrogen and oxygen atoms in total. The molecule has 0 fully saturated rings. The van der Waals surface area contributed by atoms with Gasteiger partial charge in [-0.25, -0.2) is 4.98 Å². The molecule has 0 bridgehead atoms. The number of hydrogen-bond donors (Lipinski definition) is 2. The number of methoxy groups -OCH3 is 1. The zero-order chi connectivity index (χ0) is 20.1. The minimum atomic E-state index is -0.537. The zero-order valence-corrected chi connectivity index (χ0v) is 16.9. The summed E-state index contributed by atoms with van der Waals surface area (Å²) in [6.07, 6.45) is 0. The Labute approximate surface area is 173 Å². The molecule has 0 spiro atoms. The summed E-state index contributed by atoms with van der Waals surface area (Å²) in [5.41, 5.74) is 1.17. The van der Waals surface area contributed by atoms with Gasteiger partial charge in [-0.1, -0.05) is 11.6 Å². The Morgan fingerprint density at radius 1 is 1.11 bits per heavy atom. The molecule has 3 rings (SSSR count). The summed E-state index contributed by atoms with van der Waals surface area (Å²) in [5.74, 6) is -1.31. The van der Waals surface area contributed by atoms with Crippen LogP contribution in [0.4, 0.5) is 5.69 Å². The number of carbonyl (C=O) groups excluding carboxylic acids is 3. The highest BCUT2D eigenvalue weighted by Gasteiger charge is 2.14. The van der Waals surface area contributed by atoms with Crippen LogP contribution >= 0.6 is 34.3 Å². The van der Waals surface area contributed by atoms with Crippen molar-refractivity contribution < 1.29 is 19.1 Å². The van der Waals surface area contributed by atoms with Crippen LogP contribution in [0.2, 0.25) is 4.34 Å². The number of amides is 2. The van der Waals surface area contributed by atoms with Crippen molar-refractivity contribution in [3.63, 3.8) is 0 Å². The molecule has 2 aromatic heterocycles. The van der Waals surface area contributed by atoms with Gasteiger partial charge in [-0.15, -0.1) is 22.7 Å². The molecule has 2 amide bonds. The van der Waals surface area contributed by atoms with Crippen molar-refractivity contribution in [2.45, 2.75) is 0 Å². The first kappa shape index (κ1) is 20.0. The molecule has 0 aliphatic heterocycles. The second kappa shape index (κ2) is 8.96. The molecule has 144 valence electrons. The maximum absolute atomic E-state index is 12.4. The Balaban J connectivity index is 1.61. The minimum Gasteiger partial charge on any atom is -0.468 e. The van der Waals surface area contributed by atoms with Crippen molar-refractivity contribution in [1.29, 1.82) is 0 Å². The van der Waals surface area contributed by atoms with E-state index in [1.165, 1.54) is 29.8 Å². The van der Waals surface area contributed by atoms with Crippen LogP contribution in [0.3, 0.4) is 0 Å². The van der Waals surface area contributed by atoms with Crippen molar-refractivity contribution >= 4 is 57.7 Å². The number of thiophene rings is 1. The highest BCUT2D eigenvalue weighted by Crippen LogP contribution is 2.33. The molecule has 2 N–H and O–H groups in total. The van der Waals surface area contributed by atoms with Gasteiger partial charge in [-0.05, 0) is 36.4 Å². The highest BCUT2D eigenvalue weighted by molar-refractivity contribution is 7.23. The van der Waals surface area contributed by atoms with Crippen LogP contribution in [0.15, 0.2) is 41.8 Å². The molecule has 0 aliphatic rings. The lowest BCUT2D eigenvalue weighted by molar-refractivity contribution is -0.139. The number of ether oxygens (including phenoxy) is 1. The van der Waals surface area contributed by atoms with Gasteiger partial charge in [0.05, 0.1) is 16.3 Å². The molecule has 0 saturated carbocycles. The largest absolute Gasteiger partial charge is 0.468 e. The van der Waals surface area contributed by atoms with Gasteiger partial charge in [0.15, 0.2) is 0 Å². The number of rotatable bonds is 6. The maximum atomic E-state index is 12.4. The quantitative estimate of drug-likeness (QED) is 0.575. The number of carbonyl (C=O) groups is 3. The first-order chi connectivity index (χ1) is 13.5. The first-order valence-corrected chi connectivity index (χ1v) is 10.0. The molecule has 0 atom stereocenters. The van der Waals surface area contributed by atoms with Gasteiger partial charge in [-0.3, -0.25) is 14.4 Å². The lowest BCUT2D eigenvalue weighted by Gasteiger charge is -2.06. The molecule has 3 aromatic rings. The van der Waals surface area contributed by atoms with Crippen LogP contribution in [0.5, 0.6) is 0 Å². The van der Waals surface area contributed by atoms with E-state index in [9.17, 15) is 14.4 Å². The molecular weight excluding hydrogens is 422 g/mol. The Morgan fingerprint density at radius 2 is 1.86 bits per heavy atom. The van der Waals surface area contributed by atoms with Gasteiger partial charge >= 0.3 is 5.97 Å². The Morgan fingerprint density at radius 3 is 2.50 bits per heavy atom. The summed E-state index contributed by atoms with van der Waals surface area (Å²) in [7, 11) is 1.24. The second-order valence-electron chi connectivity index (χ2n) is 5.43. The van der Waals surface area contributed by atoms with E-state index in [1.54, 1.807) is 35.7 Å². The third kappa shape index (κ3) is 4.94. The van der Waals surface area contributed by atoms with Crippen molar-refractivity contribution in [3.05, 3.63) is 57.4 Å². The number of halogens is 1. The normalized spacial score (nSPS) is 10.4. The van der Waals surface area contributed by atoms with Gasteiger partial charge in [0.1, 0.15) is 17.2 Å². The van der Waals surface area contributed by atoms with Crippen LogP contribution in [-0.4, -0.2) is 36.4 Å². The average molecular weight is 436 g/mol. The first-order valence-electron chi connectivity index (χ1n) is 7.94. The van der Waals surface area contributed by atoms with Crippen LogP contribution < -0.4 is 10.6 Å². The fraction of sp³-hybridized carbons (Fsp3) is 0.111. The molecule has 1 aromatic carbocycles. The average Bonchev–Trinajstić information content (AvgIpc) is 3.35. The van der Waals surface area contributed by atoms with Gasteiger partial charge in [0, 0.05) is 16.6 Å². The van der Waals surface area contributed by atoms with Gasteiger partial charge in [0.25, 0.3) is 11.8 Å². The fourth-order valence-corrected chi connectivity index (χ4v) is 4.06. The van der Waals surface area contributed by atoms with Crippen molar-refractivity contribution in [3.8, 4) is 9.88 Å². The summed E-state index contributed by atoms with van der Waals surface area (Å²) in [4.78, 5) is 40.6. The van der Waals surface area contributed by atoms with Gasteiger partial charge in [0.2, 0.25) is 0 Å². The van der Waals surface area contributed by atoms with Crippen molar-refractivity contribution in [1.82, 2.24) is 10.3 Å². The third-order valence-corrected chi connectivity index (χ3v) is 5.79. The maximum Gasteiger partial charge on any atom is 0.325 e. The molecule has 0 unspecified atom stereocenters. The number of nitrogens with one attached hydrogen (secondary N) is 2. The summed E-state index contributed by atoms with van der Waals surface area (Å²) >= 11 is 8.69. The molecule has 0 radical (unpaired) electrons. The summed E-state index contributed by atoms with van der Waals surface area (Å²) in [6, 6.07) is 9.92. The highest BCUT2D eigenvalue weighted by atomic mass is 35.5. The topological polar surface area (TPSA) is 97.4 Å². The smallest absolute Gasteiger partial charge is 0.325 e. The van der Waals surface area contributed by atoms with Crippen molar-refractivity contribution in [2.24, 2.45) is 0 Å². The zero-order valence-electron chi connectivity index (χ0n) is 14.5. The van der Waals surface area contributed by atoms with Gasteiger partial charge in [-0.2, -0.15) is 0 Å². The number of esters is 1. The summed E-state index contributed by atoms with van der Waals surface area (Å²) in [5, 5.41) is 7.56. The number of hydrogen-bond acceptors (Lipinski definition) is 7. The van der Waals surface area contributed by atoms with Crippen LogP contribution in [0.1, 0.15) is 20.8 Å². The van der Waals surface area contributed by atoms with Crippen LogP contribution in [0.25, 0.3) is 9.88 Å². The Kier molecular flexibility index (Phi) is 6.40. The molecule has 2 heterocycles. The number of thiazole rings is 1. The molecule has 28 heavy (non-hydrogen) atoms. The number of benzene rings is 1. The Hall–Kier alpha value is -2.75. The summed E-state index contributed by atoms with van der Waals surface area (Å²) < 4.78 is 5.12. The SMILES string of the molecule is COC(=O)CNC(=O)c1ccc(NC(=O)c2csc(-c3ccc(Cl)s3)n2)cc1. The van der Waals surface area contributed by atoms with E-state index in [1.807, 2.05) is 6.07 Å². The van der Waals surface area contributed by atoms with Crippen LogP contribution in [-0.2, 0) is 9.53 Å². The predicted octanol–water partition coefficient (Wildman–Crippen LogP) is 3.68. The predicted molar refractivity (Wildman–Crippen MR) is 109 cm³/mol. The van der Waals surface area contributed by atoms with E-state index in [-0.39, 0.29) is 12.5 Å². The third-order valence-electron chi connectivity index (χ3n) is 3.55. The monoisotopic (exact) mass is 435 g/mol. The second-order valence-corrected chi connectivity index (χ2v) is 8.01. The lowest BCUT2D eigenvalue weighted by atomic mass is 10.2. The van der Waals surface area contributed by atoms with E-state index >= 15 is 0 Å². The molecule has 0 saturated heterocycles. The van der Waals surface area contributed by atoms with Crippen molar-refractivity contribution in [2.75, 3.05) is 19.0 Å². The number of aromatic nitrogens is 1. The Bertz CT molecular complexity index is 1010. The van der Waals surface area contributed by atoms with E-state index in [0.29, 0.717) is 21.3 Å². The van der Waals surface area contributed by atoms with Gasteiger partial charge < -0.3 is 15.4 Å². The summed E-state index contributed by atoms with van der Waals surface area (Å²) in [6.45, 7) is -0.213. The number of nitrogens with zero attached hydrogens (tertiary/aromatic N) is 1. The standard InChI is InChI=1S/C18H14ClN3O4S2/c1-26-15(23)8-20-16(24)10-2-4-11(5-3-10)21-17(25)12-9-27-18(22-12)13-6-7-14(19)28-13/h2-7,9H,8H2,1H3,(H,20,24)(H,21,25).